The molecule has 39 heavy (non-hydrogen) atoms. The zero-order chi connectivity index (χ0) is 28.2. The Labute approximate surface area is 229 Å². The van der Waals surface area contributed by atoms with Crippen LogP contribution < -0.4 is 14.2 Å². The second-order valence-corrected chi connectivity index (χ2v) is 10.9. The van der Waals surface area contributed by atoms with Gasteiger partial charge in [-0.2, -0.15) is 8.42 Å². The van der Waals surface area contributed by atoms with Crippen molar-refractivity contribution in [3.05, 3.63) is 52.9 Å². The summed E-state index contributed by atoms with van der Waals surface area (Å²) in [5.41, 5.74) is 0.569. The number of nitrogens with one attached hydrogen (secondary N) is 1. The van der Waals surface area contributed by atoms with Crippen molar-refractivity contribution in [3.8, 4) is 11.5 Å². The summed E-state index contributed by atoms with van der Waals surface area (Å²) in [4.78, 5) is 51.6. The molecule has 0 aliphatic carbocycles. The minimum absolute atomic E-state index is 0.00932. The third-order valence-electron chi connectivity index (χ3n) is 5.70. The Morgan fingerprint density at radius 3 is 2.44 bits per heavy atom. The number of imide groups is 1. The molecule has 4 rings (SSSR count). The van der Waals surface area contributed by atoms with Gasteiger partial charge in [-0.15, -0.1) is 0 Å². The Balaban J connectivity index is 1.58. The molecule has 1 N–H and O–H groups in total. The van der Waals surface area contributed by atoms with E-state index in [0.717, 1.165) is 4.90 Å². The number of hydrogen-bond donors (Lipinski definition) is 1. The number of methoxy groups -OCH3 is 1. The van der Waals surface area contributed by atoms with E-state index in [2.05, 4.69) is 5.32 Å². The predicted molar refractivity (Wildman–Crippen MR) is 142 cm³/mol. The Morgan fingerprint density at radius 2 is 1.79 bits per heavy atom. The smallest absolute Gasteiger partial charge is 0.339 e. The number of nitrogens with zero attached hydrogens (tertiary/aromatic N) is 2. The average molecular weight is 576 g/mol. The normalized spacial score (nSPS) is 16.9. The van der Waals surface area contributed by atoms with E-state index in [1.165, 1.54) is 61.4 Å². The number of carbonyl (C=O) groups excluding carboxylic acids is 4. The summed E-state index contributed by atoms with van der Waals surface area (Å²) in [6.45, 7) is 2.43. The lowest BCUT2D eigenvalue weighted by Crippen LogP contribution is -2.46. The van der Waals surface area contributed by atoms with E-state index in [0.29, 0.717) is 43.8 Å². The standard InChI is InChI=1S/C25H25N3O9S2/c1-16(29)26-18-6-8-19(9-7-18)39(33,34)37-23-17(4-3-5-20(23)35-2)14-21-24(31)28(25(32)38-21)15-22(30)27-10-12-36-13-11-27/h3-9,14H,10-13,15H2,1-2H3,(H,26,29)/b21-14-. The summed E-state index contributed by atoms with van der Waals surface area (Å²) < 4.78 is 42.1. The predicted octanol–water partition coefficient (Wildman–Crippen LogP) is 2.32. The number of benzene rings is 2. The van der Waals surface area contributed by atoms with Crippen molar-refractivity contribution in [1.82, 2.24) is 9.80 Å². The largest absolute Gasteiger partial charge is 0.493 e. The Kier molecular flexibility index (Phi) is 8.57. The molecule has 0 bridgehead atoms. The third-order valence-corrected chi connectivity index (χ3v) is 7.85. The molecular formula is C25H25N3O9S2. The molecule has 2 aromatic rings. The first-order valence-corrected chi connectivity index (χ1v) is 13.9. The lowest BCUT2D eigenvalue weighted by Gasteiger charge is -2.28. The number of rotatable bonds is 8. The van der Waals surface area contributed by atoms with E-state index in [1.54, 1.807) is 6.07 Å². The maximum Gasteiger partial charge on any atom is 0.339 e. The molecule has 2 heterocycles. The summed E-state index contributed by atoms with van der Waals surface area (Å²) >= 11 is 0.631. The number of carbonyl (C=O) groups is 4. The topological polar surface area (TPSA) is 149 Å². The fraction of sp³-hybridized carbons (Fsp3) is 0.280. The van der Waals surface area contributed by atoms with E-state index in [9.17, 15) is 27.6 Å². The van der Waals surface area contributed by atoms with Gasteiger partial charge in [-0.25, -0.2) is 0 Å². The van der Waals surface area contributed by atoms with Gasteiger partial charge >= 0.3 is 10.1 Å². The molecule has 0 unspecified atom stereocenters. The monoisotopic (exact) mass is 575 g/mol. The van der Waals surface area contributed by atoms with Crippen LogP contribution >= 0.6 is 11.8 Å². The molecule has 0 saturated carbocycles. The number of amides is 4. The van der Waals surface area contributed by atoms with Crippen LogP contribution in [-0.4, -0.2) is 81.1 Å². The number of para-hydroxylation sites is 1. The first-order valence-electron chi connectivity index (χ1n) is 11.7. The van der Waals surface area contributed by atoms with E-state index >= 15 is 0 Å². The Bertz CT molecular complexity index is 1430. The zero-order valence-electron chi connectivity index (χ0n) is 21.0. The highest BCUT2D eigenvalue weighted by Crippen LogP contribution is 2.38. The fourth-order valence-corrected chi connectivity index (χ4v) is 5.58. The van der Waals surface area contributed by atoms with Crippen molar-refractivity contribution < 1.29 is 41.3 Å². The van der Waals surface area contributed by atoms with Crippen molar-refractivity contribution in [2.45, 2.75) is 11.8 Å². The van der Waals surface area contributed by atoms with Crippen LogP contribution in [0.25, 0.3) is 6.08 Å². The molecule has 14 heteroatoms. The van der Waals surface area contributed by atoms with Gasteiger partial charge in [-0.05, 0) is 48.2 Å². The van der Waals surface area contributed by atoms with E-state index in [1.807, 2.05) is 0 Å². The second-order valence-electron chi connectivity index (χ2n) is 8.38. The second kappa shape index (κ2) is 11.9. The summed E-state index contributed by atoms with van der Waals surface area (Å²) in [7, 11) is -3.04. The van der Waals surface area contributed by atoms with E-state index < -0.39 is 27.8 Å². The van der Waals surface area contributed by atoms with E-state index in [4.69, 9.17) is 13.7 Å². The van der Waals surface area contributed by atoms with Crippen LogP contribution in [0.3, 0.4) is 0 Å². The summed E-state index contributed by atoms with van der Waals surface area (Å²) in [5.74, 6) is -1.49. The lowest BCUT2D eigenvalue weighted by atomic mass is 10.1. The Morgan fingerprint density at radius 1 is 1.10 bits per heavy atom. The highest BCUT2D eigenvalue weighted by Gasteiger charge is 2.37. The number of anilines is 1. The minimum atomic E-state index is -4.36. The van der Waals surface area contributed by atoms with Crippen LogP contribution in [0.15, 0.2) is 52.3 Å². The molecule has 206 valence electrons. The molecule has 0 atom stereocenters. The van der Waals surface area contributed by atoms with Crippen LogP contribution in [0.4, 0.5) is 10.5 Å². The zero-order valence-corrected chi connectivity index (χ0v) is 22.7. The van der Waals surface area contributed by atoms with Crippen molar-refractivity contribution in [2.24, 2.45) is 0 Å². The summed E-state index contributed by atoms with van der Waals surface area (Å²) in [5, 5.41) is 1.92. The van der Waals surface area contributed by atoms with E-state index in [-0.39, 0.29) is 38.7 Å². The molecule has 12 nitrogen and oxygen atoms in total. The highest BCUT2D eigenvalue weighted by molar-refractivity contribution is 8.18. The van der Waals surface area contributed by atoms with Gasteiger partial charge in [-0.1, -0.05) is 12.1 Å². The molecule has 2 aliphatic heterocycles. The van der Waals surface area contributed by atoms with Crippen molar-refractivity contribution in [3.63, 3.8) is 0 Å². The molecule has 0 spiro atoms. The van der Waals surface area contributed by atoms with Crippen molar-refractivity contribution in [1.29, 1.82) is 0 Å². The third kappa shape index (κ3) is 6.58. The fourth-order valence-electron chi connectivity index (χ4n) is 3.79. The van der Waals surface area contributed by atoms with Gasteiger partial charge in [0.15, 0.2) is 11.5 Å². The minimum Gasteiger partial charge on any atom is -0.493 e. The van der Waals surface area contributed by atoms with Gasteiger partial charge in [0, 0.05) is 31.3 Å². The van der Waals surface area contributed by atoms with Gasteiger partial charge < -0.3 is 23.9 Å². The van der Waals surface area contributed by atoms with Gasteiger partial charge in [0.25, 0.3) is 11.1 Å². The molecule has 2 fully saturated rings. The summed E-state index contributed by atoms with van der Waals surface area (Å²) in [6.07, 6.45) is 1.32. The molecule has 2 saturated heterocycles. The number of hydrogen-bond acceptors (Lipinski definition) is 10. The molecule has 2 aliphatic rings. The quantitative estimate of drug-likeness (QED) is 0.367. The summed E-state index contributed by atoms with van der Waals surface area (Å²) in [6, 6.07) is 9.91. The number of morpholine rings is 1. The Hall–Kier alpha value is -3.88. The van der Waals surface area contributed by atoms with Crippen LogP contribution in [0.2, 0.25) is 0 Å². The van der Waals surface area contributed by atoms with Crippen LogP contribution in [0, 0.1) is 0 Å². The van der Waals surface area contributed by atoms with Gasteiger partial charge in [0.1, 0.15) is 11.4 Å². The molecule has 0 radical (unpaired) electrons. The van der Waals surface area contributed by atoms with Crippen molar-refractivity contribution in [2.75, 3.05) is 45.3 Å². The maximum atomic E-state index is 13.1. The number of ether oxygens (including phenoxy) is 2. The van der Waals surface area contributed by atoms with Crippen molar-refractivity contribution >= 4 is 56.6 Å². The van der Waals surface area contributed by atoms with Gasteiger partial charge in [-0.3, -0.25) is 24.1 Å². The number of thioether (sulfide) groups is 1. The first-order chi connectivity index (χ1) is 18.6. The van der Waals surface area contributed by atoms with Crippen LogP contribution in [-0.2, 0) is 29.2 Å². The SMILES string of the molecule is COc1cccc(/C=C2\SC(=O)N(CC(=O)N3CCOCC3)C2=O)c1OS(=O)(=O)c1ccc(NC(C)=O)cc1. The van der Waals surface area contributed by atoms with Crippen LogP contribution in [0.5, 0.6) is 11.5 Å². The molecular weight excluding hydrogens is 550 g/mol. The van der Waals surface area contributed by atoms with Gasteiger partial charge in [0.05, 0.1) is 25.2 Å². The van der Waals surface area contributed by atoms with Gasteiger partial charge in [0.2, 0.25) is 11.8 Å². The molecule has 2 aromatic carbocycles. The molecule has 0 aromatic heterocycles. The van der Waals surface area contributed by atoms with Crippen LogP contribution in [0.1, 0.15) is 12.5 Å². The average Bonchev–Trinajstić information content (AvgIpc) is 3.17. The first kappa shape index (κ1) is 28.1. The lowest BCUT2D eigenvalue weighted by molar-refractivity contribution is -0.139. The maximum absolute atomic E-state index is 13.1. The highest BCUT2D eigenvalue weighted by atomic mass is 32.2. The molecule has 4 amide bonds.